The van der Waals surface area contributed by atoms with Crippen LogP contribution in [0.5, 0.6) is 0 Å². The van der Waals surface area contributed by atoms with Crippen molar-refractivity contribution < 1.29 is 14.3 Å². The minimum atomic E-state index is -0.462. The van der Waals surface area contributed by atoms with Crippen LogP contribution in [0.2, 0.25) is 0 Å². The van der Waals surface area contributed by atoms with E-state index in [0.29, 0.717) is 14.9 Å². The summed E-state index contributed by atoms with van der Waals surface area (Å²) in [6.07, 6.45) is 0. The van der Waals surface area contributed by atoms with Crippen LogP contribution < -0.4 is 5.32 Å². The molecule has 2 heterocycles. The molecule has 0 bridgehead atoms. The quantitative estimate of drug-likeness (QED) is 0.734. The molecule has 0 spiro atoms. The summed E-state index contributed by atoms with van der Waals surface area (Å²) in [6.45, 7) is 0. The minimum absolute atomic E-state index is 0.332. The molecule has 0 unspecified atom stereocenters. The number of aromatic nitrogens is 2. The summed E-state index contributed by atoms with van der Waals surface area (Å²) in [6, 6.07) is 12.7. The van der Waals surface area contributed by atoms with Crippen molar-refractivity contribution in [3.8, 4) is 10.6 Å². The number of esters is 1. The standard InChI is InChI=1S/C15H11N3O3S2/c1-21-14(20)11-8-7-10(22-11)12(19)16-15-18-17-13(23-15)9-5-3-2-4-6-9/h2-8H,1H3,(H,16,18,19). The fourth-order valence-corrected chi connectivity index (χ4v) is 3.36. The van der Waals surface area contributed by atoms with E-state index in [9.17, 15) is 9.59 Å². The topological polar surface area (TPSA) is 81.2 Å². The number of methoxy groups -OCH3 is 1. The number of rotatable bonds is 4. The second-order valence-electron chi connectivity index (χ2n) is 4.39. The third-order valence-electron chi connectivity index (χ3n) is 2.88. The van der Waals surface area contributed by atoms with Gasteiger partial charge in [-0.3, -0.25) is 10.1 Å². The highest BCUT2D eigenvalue weighted by atomic mass is 32.1. The van der Waals surface area contributed by atoms with Crippen molar-refractivity contribution in [3.63, 3.8) is 0 Å². The van der Waals surface area contributed by atoms with Crippen molar-refractivity contribution in [1.29, 1.82) is 0 Å². The molecule has 0 radical (unpaired) electrons. The molecule has 3 aromatic rings. The molecule has 0 fully saturated rings. The number of hydrogen-bond donors (Lipinski definition) is 1. The van der Waals surface area contributed by atoms with E-state index in [1.54, 1.807) is 12.1 Å². The molecular weight excluding hydrogens is 334 g/mol. The molecule has 8 heteroatoms. The Morgan fingerprint density at radius 2 is 1.74 bits per heavy atom. The number of carbonyl (C=O) groups is 2. The lowest BCUT2D eigenvalue weighted by Gasteiger charge is -1.97. The number of carbonyl (C=O) groups excluding carboxylic acids is 2. The Morgan fingerprint density at radius 3 is 2.48 bits per heavy atom. The van der Waals surface area contributed by atoms with Crippen LogP contribution >= 0.6 is 22.7 Å². The molecule has 0 saturated carbocycles. The summed E-state index contributed by atoms with van der Waals surface area (Å²) in [5.74, 6) is -0.794. The molecule has 116 valence electrons. The van der Waals surface area contributed by atoms with Gasteiger partial charge in [-0.05, 0) is 12.1 Å². The van der Waals surface area contributed by atoms with Crippen LogP contribution in [0.4, 0.5) is 5.13 Å². The van der Waals surface area contributed by atoms with Gasteiger partial charge in [0.2, 0.25) is 5.13 Å². The first-order valence-electron chi connectivity index (χ1n) is 6.56. The molecular formula is C15H11N3O3S2. The maximum Gasteiger partial charge on any atom is 0.348 e. The SMILES string of the molecule is COC(=O)c1ccc(C(=O)Nc2nnc(-c3ccccc3)s2)s1. The highest BCUT2D eigenvalue weighted by Crippen LogP contribution is 2.27. The zero-order chi connectivity index (χ0) is 16.2. The lowest BCUT2D eigenvalue weighted by Crippen LogP contribution is -2.09. The van der Waals surface area contributed by atoms with Gasteiger partial charge in [-0.2, -0.15) is 0 Å². The predicted molar refractivity (Wildman–Crippen MR) is 89.0 cm³/mol. The van der Waals surface area contributed by atoms with Crippen molar-refractivity contribution in [2.75, 3.05) is 12.4 Å². The van der Waals surface area contributed by atoms with Crippen LogP contribution in [-0.4, -0.2) is 29.2 Å². The Bertz CT molecular complexity index is 843. The fraction of sp³-hybridized carbons (Fsp3) is 0.0667. The zero-order valence-corrected chi connectivity index (χ0v) is 13.6. The van der Waals surface area contributed by atoms with E-state index in [1.807, 2.05) is 30.3 Å². The van der Waals surface area contributed by atoms with E-state index < -0.39 is 5.97 Å². The van der Waals surface area contributed by atoms with Crippen molar-refractivity contribution >= 4 is 39.7 Å². The third-order valence-corrected chi connectivity index (χ3v) is 4.83. The van der Waals surface area contributed by atoms with Crippen LogP contribution in [-0.2, 0) is 4.74 Å². The second-order valence-corrected chi connectivity index (χ2v) is 6.45. The Kier molecular flexibility index (Phi) is 4.45. The number of hydrogen-bond acceptors (Lipinski definition) is 7. The summed E-state index contributed by atoms with van der Waals surface area (Å²) in [4.78, 5) is 24.4. The van der Waals surface area contributed by atoms with Gasteiger partial charge in [-0.25, -0.2) is 4.79 Å². The van der Waals surface area contributed by atoms with Crippen LogP contribution in [0.25, 0.3) is 10.6 Å². The van der Waals surface area contributed by atoms with Crippen molar-refractivity contribution in [2.45, 2.75) is 0 Å². The van der Waals surface area contributed by atoms with Crippen LogP contribution in [0.15, 0.2) is 42.5 Å². The molecule has 1 aromatic carbocycles. The summed E-state index contributed by atoms with van der Waals surface area (Å²) in [5.41, 5.74) is 0.939. The number of thiophene rings is 1. The van der Waals surface area contributed by atoms with Gasteiger partial charge < -0.3 is 4.74 Å². The lowest BCUT2D eigenvalue weighted by atomic mass is 10.2. The molecule has 2 aromatic heterocycles. The summed E-state index contributed by atoms with van der Waals surface area (Å²) < 4.78 is 4.62. The van der Waals surface area contributed by atoms with E-state index >= 15 is 0 Å². The van der Waals surface area contributed by atoms with Gasteiger partial charge in [0, 0.05) is 5.56 Å². The summed E-state index contributed by atoms with van der Waals surface area (Å²) >= 11 is 2.35. The highest BCUT2D eigenvalue weighted by Gasteiger charge is 2.16. The van der Waals surface area contributed by atoms with Crippen molar-refractivity contribution in [2.24, 2.45) is 0 Å². The molecule has 0 aliphatic carbocycles. The fourth-order valence-electron chi connectivity index (χ4n) is 1.80. The molecule has 0 aliphatic heterocycles. The van der Waals surface area contributed by atoms with E-state index in [0.717, 1.165) is 21.9 Å². The molecule has 23 heavy (non-hydrogen) atoms. The normalized spacial score (nSPS) is 10.3. The molecule has 1 amide bonds. The van der Waals surface area contributed by atoms with E-state index in [4.69, 9.17) is 0 Å². The van der Waals surface area contributed by atoms with E-state index in [1.165, 1.54) is 18.4 Å². The van der Waals surface area contributed by atoms with E-state index in [2.05, 4.69) is 20.3 Å². The van der Waals surface area contributed by atoms with Gasteiger partial charge in [0.05, 0.1) is 12.0 Å². The second kappa shape index (κ2) is 6.67. The van der Waals surface area contributed by atoms with Gasteiger partial charge in [0.1, 0.15) is 9.88 Å². The van der Waals surface area contributed by atoms with E-state index in [-0.39, 0.29) is 5.91 Å². The summed E-state index contributed by atoms with van der Waals surface area (Å²) in [7, 11) is 1.30. The smallest absolute Gasteiger partial charge is 0.348 e. The minimum Gasteiger partial charge on any atom is -0.465 e. The van der Waals surface area contributed by atoms with Crippen molar-refractivity contribution in [1.82, 2.24) is 10.2 Å². The Balaban J connectivity index is 1.72. The van der Waals surface area contributed by atoms with Gasteiger partial charge in [0.15, 0.2) is 0 Å². The maximum atomic E-state index is 12.2. The van der Waals surface area contributed by atoms with Crippen LogP contribution in [0.3, 0.4) is 0 Å². The first-order chi connectivity index (χ1) is 11.2. The van der Waals surface area contributed by atoms with Gasteiger partial charge in [-0.15, -0.1) is 21.5 Å². The number of amides is 1. The molecule has 6 nitrogen and oxygen atoms in total. The Labute approximate surface area is 139 Å². The molecule has 0 saturated heterocycles. The van der Waals surface area contributed by atoms with Gasteiger partial charge in [0.25, 0.3) is 5.91 Å². The summed E-state index contributed by atoms with van der Waals surface area (Å²) in [5, 5.41) is 11.8. The van der Waals surface area contributed by atoms with Crippen molar-refractivity contribution in [3.05, 3.63) is 52.2 Å². The average Bonchev–Trinajstić information content (AvgIpc) is 3.24. The molecule has 1 N–H and O–H groups in total. The number of benzene rings is 1. The number of anilines is 1. The van der Waals surface area contributed by atoms with Crippen LogP contribution in [0, 0.1) is 0 Å². The molecule has 0 aliphatic rings. The highest BCUT2D eigenvalue weighted by molar-refractivity contribution is 7.19. The average molecular weight is 345 g/mol. The first kappa shape index (κ1) is 15.3. The Morgan fingerprint density at radius 1 is 1.00 bits per heavy atom. The zero-order valence-electron chi connectivity index (χ0n) is 12.0. The maximum absolute atomic E-state index is 12.2. The molecule has 3 rings (SSSR count). The lowest BCUT2D eigenvalue weighted by molar-refractivity contribution is 0.0606. The van der Waals surface area contributed by atoms with Crippen LogP contribution in [0.1, 0.15) is 19.3 Å². The third kappa shape index (κ3) is 3.43. The Hall–Kier alpha value is -2.58. The predicted octanol–water partition coefficient (Wildman–Crippen LogP) is 3.31. The van der Waals surface area contributed by atoms with Gasteiger partial charge >= 0.3 is 5.97 Å². The molecule has 0 atom stereocenters. The first-order valence-corrected chi connectivity index (χ1v) is 8.19. The number of nitrogens with one attached hydrogen (secondary N) is 1. The number of ether oxygens (including phenoxy) is 1. The van der Waals surface area contributed by atoms with Gasteiger partial charge in [-0.1, -0.05) is 41.7 Å². The monoisotopic (exact) mass is 345 g/mol. The number of nitrogens with zero attached hydrogens (tertiary/aromatic N) is 2. The largest absolute Gasteiger partial charge is 0.465 e.